The minimum atomic E-state index is -4.68. The van der Waals surface area contributed by atoms with E-state index < -0.39 is 36.7 Å². The van der Waals surface area contributed by atoms with Crippen LogP contribution in [0.1, 0.15) is 6.42 Å². The lowest BCUT2D eigenvalue weighted by molar-refractivity contribution is -0.143. The highest BCUT2D eigenvalue weighted by molar-refractivity contribution is 6.08. The van der Waals surface area contributed by atoms with E-state index in [4.69, 9.17) is 5.11 Å². The monoisotopic (exact) mass is 210 g/mol. The van der Waals surface area contributed by atoms with Crippen LogP contribution in [0.4, 0.5) is 13.2 Å². The first-order chi connectivity index (χ1) is 6.30. The van der Waals surface area contributed by atoms with Crippen LogP contribution in [0.15, 0.2) is 5.10 Å². The van der Waals surface area contributed by atoms with Gasteiger partial charge >= 0.3 is 12.1 Å². The highest BCUT2D eigenvalue weighted by atomic mass is 19.4. The van der Waals surface area contributed by atoms with E-state index in [1.54, 1.807) is 0 Å². The van der Waals surface area contributed by atoms with E-state index in [1.165, 1.54) is 0 Å². The molecule has 1 rings (SSSR count). The van der Waals surface area contributed by atoms with E-state index in [2.05, 4.69) is 5.10 Å². The molecule has 8 heteroatoms. The summed E-state index contributed by atoms with van der Waals surface area (Å²) in [6, 6.07) is 0. The molecule has 0 spiro atoms. The van der Waals surface area contributed by atoms with Gasteiger partial charge in [0.2, 0.25) is 5.91 Å². The number of alkyl halides is 3. The number of hydrogen-bond donors (Lipinski definition) is 1. The van der Waals surface area contributed by atoms with Crippen molar-refractivity contribution < 1.29 is 27.9 Å². The Bertz CT molecular complexity index is 310. The second-order valence-electron chi connectivity index (χ2n) is 2.57. The summed E-state index contributed by atoms with van der Waals surface area (Å²) in [7, 11) is 0. The summed E-state index contributed by atoms with van der Waals surface area (Å²) in [6.45, 7) is -0.849. The molecule has 5 nitrogen and oxygen atoms in total. The molecule has 1 aliphatic heterocycles. The van der Waals surface area contributed by atoms with Crippen molar-refractivity contribution in [2.45, 2.75) is 12.6 Å². The van der Waals surface area contributed by atoms with E-state index in [1.807, 2.05) is 0 Å². The number of hydrogen-bond acceptors (Lipinski definition) is 3. The Balaban J connectivity index is 2.77. The van der Waals surface area contributed by atoms with Crippen LogP contribution in [-0.2, 0) is 9.59 Å². The van der Waals surface area contributed by atoms with Gasteiger partial charge in [0.05, 0.1) is 6.42 Å². The Kier molecular flexibility index (Phi) is 2.45. The minimum Gasteiger partial charge on any atom is -0.480 e. The number of carboxylic acids is 1. The lowest BCUT2D eigenvalue weighted by Gasteiger charge is -2.06. The van der Waals surface area contributed by atoms with Crippen LogP contribution in [0.25, 0.3) is 0 Å². The zero-order valence-corrected chi connectivity index (χ0v) is 6.71. The summed E-state index contributed by atoms with van der Waals surface area (Å²) in [6.07, 6.45) is -5.57. The highest BCUT2D eigenvalue weighted by Crippen LogP contribution is 2.24. The van der Waals surface area contributed by atoms with Crippen molar-refractivity contribution in [3.63, 3.8) is 0 Å². The molecule has 0 unspecified atom stereocenters. The van der Waals surface area contributed by atoms with Gasteiger partial charge in [0, 0.05) is 0 Å². The van der Waals surface area contributed by atoms with E-state index in [-0.39, 0.29) is 0 Å². The number of hydrazone groups is 1. The molecule has 0 aromatic heterocycles. The Morgan fingerprint density at radius 3 is 2.50 bits per heavy atom. The standard InChI is InChI=1S/C6H5F3N2O3/c7-6(8,9)3-1-4(12)11(10-3)2-5(13)14/h1-2H2,(H,13,14). The fourth-order valence-electron chi connectivity index (χ4n) is 0.880. The number of rotatable bonds is 2. The molecule has 1 amide bonds. The van der Waals surface area contributed by atoms with Gasteiger partial charge in [-0.05, 0) is 0 Å². The molecule has 14 heavy (non-hydrogen) atoms. The van der Waals surface area contributed by atoms with Gasteiger partial charge in [0.25, 0.3) is 0 Å². The van der Waals surface area contributed by atoms with Crippen molar-refractivity contribution in [1.29, 1.82) is 0 Å². The van der Waals surface area contributed by atoms with Crippen molar-refractivity contribution in [3.8, 4) is 0 Å². The van der Waals surface area contributed by atoms with Gasteiger partial charge in [0.15, 0.2) is 5.71 Å². The summed E-state index contributed by atoms with van der Waals surface area (Å²) in [4.78, 5) is 20.9. The molecule has 0 saturated heterocycles. The zero-order chi connectivity index (χ0) is 10.9. The normalized spacial score (nSPS) is 17.2. The molecule has 1 aliphatic rings. The summed E-state index contributed by atoms with van der Waals surface area (Å²) < 4.78 is 36.0. The van der Waals surface area contributed by atoms with Gasteiger partial charge < -0.3 is 5.11 Å². The fourth-order valence-corrected chi connectivity index (χ4v) is 0.880. The summed E-state index contributed by atoms with van der Waals surface area (Å²) in [5.74, 6) is -2.37. The van der Waals surface area contributed by atoms with Crippen LogP contribution in [0.2, 0.25) is 0 Å². The zero-order valence-electron chi connectivity index (χ0n) is 6.71. The molecule has 0 aromatic rings. The second kappa shape index (κ2) is 3.28. The first-order valence-corrected chi connectivity index (χ1v) is 3.47. The van der Waals surface area contributed by atoms with E-state index in [9.17, 15) is 22.8 Å². The predicted octanol–water partition coefficient (Wildman–Crippen LogP) is 0.222. The molecule has 0 radical (unpaired) electrons. The first kappa shape index (κ1) is 10.5. The largest absolute Gasteiger partial charge is 0.480 e. The number of aliphatic carboxylic acids is 1. The summed E-state index contributed by atoms with van der Waals surface area (Å²) in [5.41, 5.74) is -1.26. The number of carbonyl (C=O) groups is 2. The number of amides is 1. The maximum absolute atomic E-state index is 12.0. The van der Waals surface area contributed by atoms with Crippen LogP contribution < -0.4 is 0 Å². The molecular weight excluding hydrogens is 205 g/mol. The second-order valence-corrected chi connectivity index (χ2v) is 2.57. The van der Waals surface area contributed by atoms with Crippen molar-refractivity contribution in [1.82, 2.24) is 5.01 Å². The molecule has 78 valence electrons. The van der Waals surface area contributed by atoms with Gasteiger partial charge in [-0.2, -0.15) is 18.3 Å². The average Bonchev–Trinajstić information content (AvgIpc) is 2.30. The Hall–Kier alpha value is -1.60. The molecule has 1 heterocycles. The third-order valence-electron chi connectivity index (χ3n) is 1.46. The van der Waals surface area contributed by atoms with Crippen LogP contribution in [-0.4, -0.2) is 40.4 Å². The quantitative estimate of drug-likeness (QED) is 0.708. The molecule has 0 saturated carbocycles. The van der Waals surface area contributed by atoms with Gasteiger partial charge in [-0.15, -0.1) is 0 Å². The van der Waals surface area contributed by atoms with Gasteiger partial charge in [0.1, 0.15) is 6.54 Å². The van der Waals surface area contributed by atoms with Crippen LogP contribution >= 0.6 is 0 Å². The first-order valence-electron chi connectivity index (χ1n) is 3.47. The Labute approximate surface area is 75.8 Å². The Morgan fingerprint density at radius 2 is 2.14 bits per heavy atom. The number of halogens is 3. The number of carboxylic acid groups (broad SMARTS) is 1. The smallest absolute Gasteiger partial charge is 0.431 e. The Morgan fingerprint density at radius 1 is 1.57 bits per heavy atom. The molecule has 0 aromatic carbocycles. The SMILES string of the molecule is O=C(O)CN1N=C(C(F)(F)F)CC1=O. The van der Waals surface area contributed by atoms with Crippen LogP contribution in [0, 0.1) is 0 Å². The molecule has 0 atom stereocenters. The van der Waals surface area contributed by atoms with Gasteiger partial charge in [-0.1, -0.05) is 0 Å². The molecule has 0 fully saturated rings. The van der Waals surface area contributed by atoms with Gasteiger partial charge in [-0.3, -0.25) is 9.59 Å². The fraction of sp³-hybridized carbons (Fsp3) is 0.500. The van der Waals surface area contributed by atoms with E-state index in [0.29, 0.717) is 5.01 Å². The number of carbonyl (C=O) groups excluding carboxylic acids is 1. The van der Waals surface area contributed by atoms with E-state index >= 15 is 0 Å². The van der Waals surface area contributed by atoms with Crippen LogP contribution in [0.3, 0.4) is 0 Å². The lowest BCUT2D eigenvalue weighted by Crippen LogP contribution is -2.27. The maximum Gasteiger partial charge on any atom is 0.431 e. The molecule has 0 aliphatic carbocycles. The average molecular weight is 210 g/mol. The predicted molar refractivity (Wildman–Crippen MR) is 37.5 cm³/mol. The van der Waals surface area contributed by atoms with Crippen molar-refractivity contribution in [2.24, 2.45) is 5.10 Å². The van der Waals surface area contributed by atoms with Crippen LogP contribution in [0.5, 0.6) is 0 Å². The van der Waals surface area contributed by atoms with Gasteiger partial charge in [-0.25, -0.2) is 5.01 Å². The third kappa shape index (κ3) is 2.21. The van der Waals surface area contributed by atoms with Crippen molar-refractivity contribution >= 4 is 17.6 Å². The van der Waals surface area contributed by atoms with Crippen molar-refractivity contribution in [2.75, 3.05) is 6.54 Å². The third-order valence-corrected chi connectivity index (χ3v) is 1.46. The summed E-state index contributed by atoms with van der Waals surface area (Å²) in [5, 5.41) is 11.4. The topological polar surface area (TPSA) is 70.0 Å². The van der Waals surface area contributed by atoms with E-state index in [0.717, 1.165) is 0 Å². The summed E-state index contributed by atoms with van der Waals surface area (Å²) >= 11 is 0. The van der Waals surface area contributed by atoms with Crippen molar-refractivity contribution in [3.05, 3.63) is 0 Å². The minimum absolute atomic E-state index is 0.297. The maximum atomic E-state index is 12.0. The molecule has 0 bridgehead atoms. The molecule has 1 N–H and O–H groups in total. The lowest BCUT2D eigenvalue weighted by atomic mass is 10.3. The highest BCUT2D eigenvalue weighted by Gasteiger charge is 2.42. The molecular formula is C6H5F3N2O3. The number of nitrogens with zero attached hydrogens (tertiary/aromatic N) is 2.